The van der Waals surface area contributed by atoms with Crippen molar-refractivity contribution in [3.8, 4) is 0 Å². The molecule has 0 aliphatic carbocycles. The number of ketones is 1. The molecule has 0 unspecified atom stereocenters. The van der Waals surface area contributed by atoms with E-state index in [-0.39, 0.29) is 30.2 Å². The third-order valence-electron chi connectivity index (χ3n) is 4.34. The van der Waals surface area contributed by atoms with Gasteiger partial charge in [-0.05, 0) is 20.3 Å². The van der Waals surface area contributed by atoms with Crippen LogP contribution in [-0.4, -0.2) is 30.9 Å². The summed E-state index contributed by atoms with van der Waals surface area (Å²) in [5.74, 6) is -1.64. The van der Waals surface area contributed by atoms with Gasteiger partial charge >= 0.3 is 11.9 Å². The van der Waals surface area contributed by atoms with Gasteiger partial charge < -0.3 is 9.47 Å². The fourth-order valence-corrected chi connectivity index (χ4v) is 2.29. The van der Waals surface area contributed by atoms with Crippen LogP contribution in [0.3, 0.4) is 0 Å². The van der Waals surface area contributed by atoms with Crippen molar-refractivity contribution in [2.45, 2.75) is 46.6 Å². The van der Waals surface area contributed by atoms with Crippen molar-refractivity contribution < 1.29 is 23.9 Å². The van der Waals surface area contributed by atoms with Crippen LogP contribution >= 0.6 is 0 Å². The summed E-state index contributed by atoms with van der Waals surface area (Å²) in [6, 6.07) is 0. The molecule has 108 valence electrons. The molecule has 0 aromatic carbocycles. The smallest absolute Gasteiger partial charge is 0.319 e. The van der Waals surface area contributed by atoms with Crippen molar-refractivity contribution in [3.63, 3.8) is 0 Å². The molecule has 1 fully saturated rings. The Morgan fingerprint density at radius 1 is 1.37 bits per heavy atom. The lowest BCUT2D eigenvalue weighted by atomic mass is 9.77. The fraction of sp³-hybridized carbons (Fsp3) is 0.786. The molecule has 1 saturated heterocycles. The Bertz CT molecular complexity index is 389. The predicted octanol–water partition coefficient (Wildman–Crippen LogP) is 1.73. The number of Topliss-reactive ketones (excluding diaryl/α,β-unsaturated/α-hetero) is 1. The van der Waals surface area contributed by atoms with Crippen LogP contribution < -0.4 is 0 Å². The number of cyclic esters (lactones) is 1. The van der Waals surface area contributed by atoms with E-state index in [0.717, 1.165) is 0 Å². The molecule has 0 aromatic heterocycles. The van der Waals surface area contributed by atoms with E-state index in [2.05, 4.69) is 0 Å². The van der Waals surface area contributed by atoms with Gasteiger partial charge in [0.2, 0.25) is 0 Å². The summed E-state index contributed by atoms with van der Waals surface area (Å²) in [5.41, 5.74) is -1.18. The van der Waals surface area contributed by atoms with E-state index in [1.54, 1.807) is 13.8 Å². The summed E-state index contributed by atoms with van der Waals surface area (Å²) in [4.78, 5) is 35.8. The molecule has 4 atom stereocenters. The Balaban J connectivity index is 2.84. The summed E-state index contributed by atoms with van der Waals surface area (Å²) in [6.45, 7) is 7.02. The molecule has 1 rings (SSSR count). The van der Waals surface area contributed by atoms with Crippen molar-refractivity contribution in [1.82, 2.24) is 0 Å². The van der Waals surface area contributed by atoms with Crippen molar-refractivity contribution in [1.29, 1.82) is 0 Å². The van der Waals surface area contributed by atoms with Crippen LogP contribution in [0.2, 0.25) is 0 Å². The molecule has 1 aliphatic heterocycles. The van der Waals surface area contributed by atoms with Gasteiger partial charge in [0.1, 0.15) is 11.5 Å². The van der Waals surface area contributed by atoms with Crippen LogP contribution in [0.5, 0.6) is 0 Å². The van der Waals surface area contributed by atoms with Gasteiger partial charge in [-0.1, -0.05) is 13.8 Å². The molecule has 0 N–H and O–H groups in total. The second-order valence-corrected chi connectivity index (χ2v) is 5.41. The standard InChI is InChI=1S/C14H22O5/c1-6-14(4,13(17)18-5)11(15)7-10-8(2)9(3)19-12(10)16/h8-10H,6-7H2,1-5H3/t8-,9+,10+,14+/m1/s1. The first-order valence-corrected chi connectivity index (χ1v) is 6.60. The Morgan fingerprint density at radius 3 is 2.32 bits per heavy atom. The molecular formula is C14H22O5. The van der Waals surface area contributed by atoms with Crippen molar-refractivity contribution in [2.24, 2.45) is 17.3 Å². The molecule has 0 spiro atoms. The third kappa shape index (κ3) is 2.80. The second kappa shape index (κ2) is 5.72. The van der Waals surface area contributed by atoms with Gasteiger partial charge in [0.15, 0.2) is 5.78 Å². The monoisotopic (exact) mass is 270 g/mol. The molecule has 0 saturated carbocycles. The zero-order chi connectivity index (χ0) is 14.8. The van der Waals surface area contributed by atoms with Crippen LogP contribution in [0.15, 0.2) is 0 Å². The quantitative estimate of drug-likeness (QED) is 0.562. The summed E-state index contributed by atoms with van der Waals surface area (Å²) >= 11 is 0. The number of carbonyl (C=O) groups excluding carboxylic acids is 3. The molecule has 5 nitrogen and oxygen atoms in total. The average molecular weight is 270 g/mol. The SMILES string of the molecule is CC[C@@](C)(C(=O)C[C@@H]1C(=O)O[C@@H](C)[C@H]1C)C(=O)OC. The lowest BCUT2D eigenvalue weighted by Crippen LogP contribution is -2.39. The minimum atomic E-state index is -1.18. The van der Waals surface area contributed by atoms with Crippen LogP contribution in [0.1, 0.15) is 40.5 Å². The number of rotatable bonds is 5. The van der Waals surface area contributed by atoms with Crippen molar-refractivity contribution in [2.75, 3.05) is 7.11 Å². The zero-order valence-corrected chi connectivity index (χ0v) is 12.2. The Kier molecular flexibility index (Phi) is 4.71. The van der Waals surface area contributed by atoms with E-state index < -0.39 is 17.3 Å². The summed E-state index contributed by atoms with van der Waals surface area (Å²) in [6.07, 6.45) is 0.199. The van der Waals surface area contributed by atoms with Gasteiger partial charge in [-0.15, -0.1) is 0 Å². The maximum absolute atomic E-state index is 12.3. The number of carbonyl (C=O) groups is 3. The van der Waals surface area contributed by atoms with Crippen molar-refractivity contribution in [3.05, 3.63) is 0 Å². The summed E-state index contributed by atoms with van der Waals surface area (Å²) < 4.78 is 9.80. The minimum absolute atomic E-state index is 0.0183. The van der Waals surface area contributed by atoms with Crippen LogP contribution in [-0.2, 0) is 23.9 Å². The Labute approximate surface area is 113 Å². The molecule has 0 amide bonds. The largest absolute Gasteiger partial charge is 0.468 e. The fourth-order valence-electron chi connectivity index (χ4n) is 2.29. The number of hydrogen-bond donors (Lipinski definition) is 0. The lowest BCUT2D eigenvalue weighted by Gasteiger charge is -2.25. The van der Waals surface area contributed by atoms with Gasteiger partial charge in [-0.25, -0.2) is 0 Å². The molecule has 0 radical (unpaired) electrons. The molecular weight excluding hydrogens is 248 g/mol. The highest BCUT2D eigenvalue weighted by atomic mass is 16.6. The Morgan fingerprint density at radius 2 is 1.95 bits per heavy atom. The number of ether oxygens (including phenoxy) is 2. The van der Waals surface area contributed by atoms with Crippen LogP contribution in [0, 0.1) is 17.3 Å². The number of hydrogen-bond acceptors (Lipinski definition) is 5. The Hall–Kier alpha value is -1.39. The normalized spacial score (nSPS) is 29.5. The molecule has 19 heavy (non-hydrogen) atoms. The van der Waals surface area contributed by atoms with Gasteiger partial charge in [-0.2, -0.15) is 0 Å². The lowest BCUT2D eigenvalue weighted by molar-refractivity contribution is -0.158. The molecule has 0 aromatic rings. The molecule has 5 heteroatoms. The molecule has 1 heterocycles. The molecule has 1 aliphatic rings. The highest BCUT2D eigenvalue weighted by Crippen LogP contribution is 2.34. The zero-order valence-electron chi connectivity index (χ0n) is 12.2. The minimum Gasteiger partial charge on any atom is -0.468 e. The molecule has 0 bridgehead atoms. The van der Waals surface area contributed by atoms with E-state index in [1.165, 1.54) is 7.11 Å². The topological polar surface area (TPSA) is 69.7 Å². The second-order valence-electron chi connectivity index (χ2n) is 5.41. The van der Waals surface area contributed by atoms with Gasteiger partial charge in [0, 0.05) is 12.3 Å². The summed E-state index contributed by atoms with van der Waals surface area (Å²) in [7, 11) is 1.26. The summed E-state index contributed by atoms with van der Waals surface area (Å²) in [5, 5.41) is 0. The van der Waals surface area contributed by atoms with E-state index in [0.29, 0.717) is 6.42 Å². The van der Waals surface area contributed by atoms with E-state index in [1.807, 2.05) is 13.8 Å². The maximum Gasteiger partial charge on any atom is 0.319 e. The van der Waals surface area contributed by atoms with Gasteiger partial charge in [0.25, 0.3) is 0 Å². The van der Waals surface area contributed by atoms with E-state index in [9.17, 15) is 14.4 Å². The van der Waals surface area contributed by atoms with Crippen molar-refractivity contribution >= 4 is 17.7 Å². The van der Waals surface area contributed by atoms with Crippen LogP contribution in [0.25, 0.3) is 0 Å². The first-order valence-electron chi connectivity index (χ1n) is 6.60. The van der Waals surface area contributed by atoms with Gasteiger partial charge in [-0.3, -0.25) is 14.4 Å². The first kappa shape index (κ1) is 15.7. The van der Waals surface area contributed by atoms with Gasteiger partial charge in [0.05, 0.1) is 13.0 Å². The number of methoxy groups -OCH3 is 1. The van der Waals surface area contributed by atoms with E-state index in [4.69, 9.17) is 9.47 Å². The average Bonchev–Trinajstić information content (AvgIpc) is 2.63. The number of esters is 2. The maximum atomic E-state index is 12.3. The third-order valence-corrected chi connectivity index (χ3v) is 4.34. The first-order chi connectivity index (χ1) is 8.77. The highest BCUT2D eigenvalue weighted by molar-refractivity contribution is 6.04. The highest BCUT2D eigenvalue weighted by Gasteiger charge is 2.46. The van der Waals surface area contributed by atoms with E-state index >= 15 is 0 Å². The van der Waals surface area contributed by atoms with Crippen LogP contribution in [0.4, 0.5) is 0 Å². The predicted molar refractivity (Wildman–Crippen MR) is 68.2 cm³/mol.